The third-order valence-corrected chi connectivity index (χ3v) is 10.5. The molecule has 0 saturated heterocycles. The molecule has 0 N–H and O–H groups in total. The van der Waals surface area contributed by atoms with Crippen molar-refractivity contribution in [2.45, 2.75) is 65.2 Å². The van der Waals surface area contributed by atoms with Crippen LogP contribution in [0.5, 0.6) is 23.0 Å². The standard InChI is InChI=1S/C50H62O12/c1-37(51)57-19-3-5-21-59-47-39-11-7-12-40(47)34-44-16-10-18-46-36-42-14-8-13-41(48(42)60-22-6-4-20-58-38(2)52)35-45-17-9-15-43(33-39)49(45)61-31-29-55-27-25-53-23-24-54-26-28-56-30-32-62-50(44)46/h7-18H,3-6,19-36H2,1-2H3. The van der Waals surface area contributed by atoms with Crippen LogP contribution in [0.25, 0.3) is 0 Å². The number of fused-ring (bicyclic) bond motifs is 2. The van der Waals surface area contributed by atoms with Gasteiger partial charge < -0.3 is 47.4 Å². The second-order valence-electron chi connectivity index (χ2n) is 15.3. The summed E-state index contributed by atoms with van der Waals surface area (Å²) in [5, 5.41) is 0. The molecule has 6 rings (SSSR count). The Morgan fingerprint density at radius 1 is 0.403 bits per heavy atom. The molecule has 1 aliphatic carbocycles. The largest absolute Gasteiger partial charge is 0.493 e. The predicted octanol–water partition coefficient (Wildman–Crippen LogP) is 7.65. The second-order valence-corrected chi connectivity index (χ2v) is 15.3. The average Bonchev–Trinajstić information content (AvgIpc) is 3.25. The molecule has 0 unspecified atom stereocenters. The maximum atomic E-state index is 11.4. The number of hydrogen-bond acceptors (Lipinski definition) is 12. The molecule has 4 aromatic carbocycles. The van der Waals surface area contributed by atoms with Crippen molar-refractivity contribution in [3.05, 3.63) is 117 Å². The molecule has 0 fully saturated rings. The summed E-state index contributed by atoms with van der Waals surface area (Å²) in [7, 11) is 0. The molecule has 0 spiro atoms. The number of ether oxygens (including phenoxy) is 10. The summed E-state index contributed by atoms with van der Waals surface area (Å²) < 4.78 is 60.5. The van der Waals surface area contributed by atoms with Crippen LogP contribution in [0.4, 0.5) is 0 Å². The molecule has 12 nitrogen and oxygen atoms in total. The number of esters is 2. The van der Waals surface area contributed by atoms with Crippen LogP contribution < -0.4 is 18.9 Å². The molecule has 12 heteroatoms. The van der Waals surface area contributed by atoms with Crippen LogP contribution in [-0.4, -0.2) is 104 Å². The maximum absolute atomic E-state index is 11.4. The molecular weight excluding hydrogens is 793 g/mol. The van der Waals surface area contributed by atoms with Gasteiger partial charge >= 0.3 is 11.9 Å². The fraction of sp³-hybridized carbons (Fsp3) is 0.480. The molecule has 0 radical (unpaired) electrons. The number of hydrogen-bond donors (Lipinski definition) is 0. The van der Waals surface area contributed by atoms with Crippen molar-refractivity contribution in [2.75, 3.05) is 92.5 Å². The van der Waals surface area contributed by atoms with Gasteiger partial charge in [0.15, 0.2) is 0 Å². The highest BCUT2D eigenvalue weighted by Crippen LogP contribution is 2.39. The molecule has 0 saturated carbocycles. The Bertz CT molecular complexity index is 1780. The van der Waals surface area contributed by atoms with E-state index in [2.05, 4.69) is 72.8 Å². The molecule has 0 amide bonds. The fourth-order valence-corrected chi connectivity index (χ4v) is 7.58. The number of para-hydroxylation sites is 4. The lowest BCUT2D eigenvalue weighted by Crippen LogP contribution is -2.15. The summed E-state index contributed by atoms with van der Waals surface area (Å²) in [5.41, 5.74) is 8.22. The highest BCUT2D eigenvalue weighted by atomic mass is 16.6. The van der Waals surface area contributed by atoms with Crippen molar-refractivity contribution in [2.24, 2.45) is 0 Å². The van der Waals surface area contributed by atoms with Crippen molar-refractivity contribution in [1.29, 1.82) is 0 Å². The van der Waals surface area contributed by atoms with Crippen molar-refractivity contribution in [3.63, 3.8) is 0 Å². The quantitative estimate of drug-likeness (QED) is 0.0905. The van der Waals surface area contributed by atoms with E-state index >= 15 is 0 Å². The van der Waals surface area contributed by atoms with E-state index in [9.17, 15) is 9.59 Å². The van der Waals surface area contributed by atoms with E-state index < -0.39 is 0 Å². The molecule has 4 aromatic rings. The van der Waals surface area contributed by atoms with Gasteiger partial charge in [-0.2, -0.15) is 0 Å². The minimum absolute atomic E-state index is 0.284. The van der Waals surface area contributed by atoms with Gasteiger partial charge in [0.25, 0.3) is 0 Å². The minimum Gasteiger partial charge on any atom is -0.493 e. The fourth-order valence-electron chi connectivity index (χ4n) is 7.58. The van der Waals surface area contributed by atoms with Gasteiger partial charge in [-0.3, -0.25) is 9.59 Å². The Kier molecular flexibility index (Phi) is 19.2. The Labute approximate surface area is 366 Å². The minimum atomic E-state index is -0.284. The van der Waals surface area contributed by atoms with Crippen LogP contribution in [0.1, 0.15) is 84.0 Å². The number of carbonyl (C=O) groups is 2. The highest BCUT2D eigenvalue weighted by Gasteiger charge is 2.22. The summed E-state index contributed by atoms with van der Waals surface area (Å²) >= 11 is 0. The molecule has 334 valence electrons. The van der Waals surface area contributed by atoms with Gasteiger partial charge in [-0.15, -0.1) is 0 Å². The zero-order valence-electron chi connectivity index (χ0n) is 36.4. The SMILES string of the molecule is CC(=O)OCCCCOc1c2cccc1Cc1cccc3c1OCCOCCOCCOCCOCCOc1c(cccc1Cc1cccc(c1OCCCCOC(C)=O)C3)C2. The topological polar surface area (TPSA) is 126 Å². The van der Waals surface area contributed by atoms with Gasteiger partial charge in [-0.25, -0.2) is 0 Å². The first-order valence-electron chi connectivity index (χ1n) is 22.0. The van der Waals surface area contributed by atoms with E-state index in [-0.39, 0.29) is 11.9 Å². The molecule has 0 aromatic heterocycles. The van der Waals surface area contributed by atoms with E-state index in [4.69, 9.17) is 47.4 Å². The molecule has 62 heavy (non-hydrogen) atoms. The maximum Gasteiger partial charge on any atom is 0.302 e. The zero-order valence-corrected chi connectivity index (χ0v) is 36.4. The van der Waals surface area contributed by atoms with Crippen LogP contribution in [0.3, 0.4) is 0 Å². The Morgan fingerprint density at radius 3 is 0.984 bits per heavy atom. The Morgan fingerprint density at radius 2 is 0.677 bits per heavy atom. The molecule has 2 aliphatic rings. The van der Waals surface area contributed by atoms with Gasteiger partial charge in [-0.05, 0) is 70.2 Å². The lowest BCUT2D eigenvalue weighted by atomic mass is 9.91. The molecule has 1 aliphatic heterocycles. The van der Waals surface area contributed by atoms with Gasteiger partial charge in [0.2, 0.25) is 0 Å². The van der Waals surface area contributed by atoms with Gasteiger partial charge in [-0.1, -0.05) is 72.8 Å². The third kappa shape index (κ3) is 14.8. The van der Waals surface area contributed by atoms with E-state index in [1.54, 1.807) is 0 Å². The first-order valence-corrected chi connectivity index (χ1v) is 22.0. The number of unbranched alkanes of at least 4 members (excludes halogenated alkanes) is 2. The number of carbonyl (C=O) groups excluding carboxylic acids is 2. The van der Waals surface area contributed by atoms with Gasteiger partial charge in [0.1, 0.15) is 36.2 Å². The van der Waals surface area contributed by atoms with Gasteiger partial charge in [0, 0.05) is 39.5 Å². The van der Waals surface area contributed by atoms with Crippen molar-refractivity contribution in [3.8, 4) is 23.0 Å². The zero-order chi connectivity index (χ0) is 43.2. The summed E-state index contributed by atoms with van der Waals surface area (Å²) in [5.74, 6) is 2.70. The van der Waals surface area contributed by atoms with E-state index in [1.165, 1.54) is 13.8 Å². The Hall–Kier alpha value is -5.14. The van der Waals surface area contributed by atoms with Crippen molar-refractivity contribution >= 4 is 11.9 Å². The summed E-state index contributed by atoms with van der Waals surface area (Å²) in [6.45, 7) is 8.68. The summed E-state index contributed by atoms with van der Waals surface area (Å²) in [4.78, 5) is 22.8. The normalized spacial score (nSPS) is 15.3. The first kappa shape index (κ1) is 46.4. The lowest BCUT2D eigenvalue weighted by Gasteiger charge is -2.23. The van der Waals surface area contributed by atoms with Crippen LogP contribution in [-0.2, 0) is 63.7 Å². The van der Waals surface area contributed by atoms with Crippen LogP contribution >= 0.6 is 0 Å². The van der Waals surface area contributed by atoms with Crippen LogP contribution in [0.15, 0.2) is 72.8 Å². The number of rotatable bonds is 12. The molecule has 10 bridgehead atoms. The average molecular weight is 855 g/mol. The third-order valence-electron chi connectivity index (χ3n) is 10.5. The molecular formula is C50H62O12. The monoisotopic (exact) mass is 854 g/mol. The van der Waals surface area contributed by atoms with E-state index in [0.717, 1.165) is 80.3 Å². The predicted molar refractivity (Wildman–Crippen MR) is 234 cm³/mol. The van der Waals surface area contributed by atoms with E-state index in [1.807, 2.05) is 0 Å². The van der Waals surface area contributed by atoms with Crippen molar-refractivity contribution in [1.82, 2.24) is 0 Å². The van der Waals surface area contributed by atoms with Gasteiger partial charge in [0.05, 0.1) is 79.3 Å². The molecule has 1 heterocycles. The lowest BCUT2D eigenvalue weighted by molar-refractivity contribution is -0.142. The van der Waals surface area contributed by atoms with Crippen LogP contribution in [0.2, 0.25) is 0 Å². The highest BCUT2D eigenvalue weighted by molar-refractivity contribution is 5.66. The van der Waals surface area contributed by atoms with Crippen molar-refractivity contribution < 1.29 is 57.0 Å². The smallest absolute Gasteiger partial charge is 0.302 e. The molecule has 0 atom stereocenters. The Balaban J connectivity index is 1.42. The second kappa shape index (κ2) is 25.7. The van der Waals surface area contributed by atoms with E-state index in [0.29, 0.717) is 131 Å². The summed E-state index contributed by atoms with van der Waals surface area (Å²) in [6.07, 6.45) is 5.07. The number of benzene rings is 4. The first-order chi connectivity index (χ1) is 30.5. The van der Waals surface area contributed by atoms with Crippen LogP contribution in [0, 0.1) is 0 Å². The summed E-state index contributed by atoms with van der Waals surface area (Å²) in [6, 6.07) is 25.3.